The molecule has 0 aliphatic carbocycles. The largest absolute Gasteiger partial charge is 0.326 e. The zero-order chi connectivity index (χ0) is 18.7. The smallest absolute Gasteiger partial charge is 0.231 e. The molecule has 0 saturated carbocycles. The lowest BCUT2D eigenvalue weighted by atomic mass is 10.00. The molecule has 0 aliphatic heterocycles. The highest BCUT2D eigenvalue weighted by Gasteiger charge is 2.18. The van der Waals surface area contributed by atoms with Crippen molar-refractivity contribution in [2.75, 3.05) is 5.32 Å². The van der Waals surface area contributed by atoms with Crippen LogP contribution in [0.15, 0.2) is 60.8 Å². The van der Waals surface area contributed by atoms with E-state index in [9.17, 15) is 4.79 Å². The fourth-order valence-electron chi connectivity index (χ4n) is 2.72. The molecule has 2 aromatic carbocycles. The number of hydrogen-bond donors (Lipinski definition) is 1. The Morgan fingerprint density at radius 1 is 1.00 bits per heavy atom. The normalized spacial score (nSPS) is 11.8. The van der Waals surface area contributed by atoms with Crippen LogP contribution in [0.4, 0.5) is 5.69 Å². The molecule has 0 bridgehead atoms. The van der Waals surface area contributed by atoms with E-state index in [-0.39, 0.29) is 11.8 Å². The van der Waals surface area contributed by atoms with E-state index in [1.807, 2.05) is 50.2 Å². The fourth-order valence-corrected chi connectivity index (χ4v) is 3.29. The van der Waals surface area contributed by atoms with Gasteiger partial charge in [-0.2, -0.15) is 0 Å². The molecule has 1 heterocycles. The van der Waals surface area contributed by atoms with E-state index in [0.717, 1.165) is 28.1 Å². The highest BCUT2D eigenvalue weighted by molar-refractivity contribution is 6.35. The number of nitrogens with one attached hydrogen (secondary N) is 1. The molecular formula is C21H18Cl2N2O. The molecule has 1 N–H and O–H groups in total. The summed E-state index contributed by atoms with van der Waals surface area (Å²) in [5.74, 6) is -0.510. The molecule has 3 rings (SSSR count). The summed E-state index contributed by atoms with van der Waals surface area (Å²) < 4.78 is 0. The number of nitrogens with zero attached hydrogens (tertiary/aromatic N) is 1. The molecule has 0 saturated heterocycles. The maximum atomic E-state index is 12.5. The number of aryl methyl sites for hydroxylation is 1. The molecule has 1 aromatic heterocycles. The van der Waals surface area contributed by atoms with Gasteiger partial charge in [-0.3, -0.25) is 9.78 Å². The summed E-state index contributed by atoms with van der Waals surface area (Å²) in [6.45, 7) is 3.78. The number of anilines is 1. The number of hydrogen-bond acceptors (Lipinski definition) is 2. The van der Waals surface area contributed by atoms with Gasteiger partial charge in [0.25, 0.3) is 0 Å². The quantitative estimate of drug-likeness (QED) is 0.589. The van der Waals surface area contributed by atoms with E-state index in [4.69, 9.17) is 23.2 Å². The molecule has 1 atom stereocenters. The SMILES string of the molecule is Cc1cc(-c2ccc(NC(=O)C(C)c3ccc(Cl)cc3Cl)cc2)ccn1. The van der Waals surface area contributed by atoms with Crippen molar-refractivity contribution >= 4 is 34.8 Å². The average molecular weight is 385 g/mol. The minimum Gasteiger partial charge on any atom is -0.326 e. The summed E-state index contributed by atoms with van der Waals surface area (Å²) in [6, 6.07) is 16.9. The van der Waals surface area contributed by atoms with Gasteiger partial charge >= 0.3 is 0 Å². The second-order valence-electron chi connectivity index (χ2n) is 6.14. The Labute approximate surface area is 163 Å². The Morgan fingerprint density at radius 3 is 2.38 bits per heavy atom. The Balaban J connectivity index is 1.73. The first kappa shape index (κ1) is 18.4. The third-order valence-corrected chi connectivity index (χ3v) is 4.77. The third kappa shape index (κ3) is 4.24. The van der Waals surface area contributed by atoms with Crippen LogP contribution in [-0.4, -0.2) is 10.9 Å². The molecule has 1 amide bonds. The van der Waals surface area contributed by atoms with Crippen LogP contribution in [0.25, 0.3) is 11.1 Å². The van der Waals surface area contributed by atoms with E-state index in [0.29, 0.717) is 10.0 Å². The Hall–Kier alpha value is -2.36. The van der Waals surface area contributed by atoms with E-state index in [1.165, 1.54) is 0 Å². The first-order valence-electron chi connectivity index (χ1n) is 8.23. The van der Waals surface area contributed by atoms with Crippen LogP contribution in [0.5, 0.6) is 0 Å². The van der Waals surface area contributed by atoms with Gasteiger partial charge in [-0.15, -0.1) is 0 Å². The van der Waals surface area contributed by atoms with Crippen molar-refractivity contribution in [2.45, 2.75) is 19.8 Å². The number of amides is 1. The minimum absolute atomic E-state index is 0.123. The predicted octanol–water partition coefficient (Wildman–Crippen LogP) is 6.11. The second kappa shape index (κ2) is 7.90. The molecule has 0 fully saturated rings. The average Bonchev–Trinajstić information content (AvgIpc) is 2.62. The van der Waals surface area contributed by atoms with Crippen LogP contribution in [-0.2, 0) is 4.79 Å². The van der Waals surface area contributed by atoms with Gasteiger partial charge in [0.1, 0.15) is 0 Å². The van der Waals surface area contributed by atoms with Gasteiger partial charge in [0.2, 0.25) is 5.91 Å². The molecule has 3 nitrogen and oxygen atoms in total. The van der Waals surface area contributed by atoms with Crippen molar-refractivity contribution in [3.8, 4) is 11.1 Å². The van der Waals surface area contributed by atoms with Crippen molar-refractivity contribution in [3.05, 3.63) is 82.1 Å². The predicted molar refractivity (Wildman–Crippen MR) is 108 cm³/mol. The second-order valence-corrected chi connectivity index (χ2v) is 6.98. The number of aromatic nitrogens is 1. The van der Waals surface area contributed by atoms with Crippen LogP contribution in [0, 0.1) is 6.92 Å². The zero-order valence-corrected chi connectivity index (χ0v) is 16.0. The summed E-state index contributed by atoms with van der Waals surface area (Å²) >= 11 is 12.1. The summed E-state index contributed by atoms with van der Waals surface area (Å²) in [4.78, 5) is 16.7. The monoisotopic (exact) mass is 384 g/mol. The number of benzene rings is 2. The number of pyridine rings is 1. The fraction of sp³-hybridized carbons (Fsp3) is 0.143. The van der Waals surface area contributed by atoms with E-state index in [1.54, 1.807) is 24.4 Å². The molecule has 132 valence electrons. The van der Waals surface area contributed by atoms with Gasteiger partial charge in [-0.25, -0.2) is 0 Å². The van der Waals surface area contributed by atoms with E-state index >= 15 is 0 Å². The van der Waals surface area contributed by atoms with Gasteiger partial charge in [0, 0.05) is 27.6 Å². The molecule has 0 aliphatic rings. The maximum absolute atomic E-state index is 12.5. The van der Waals surface area contributed by atoms with Crippen molar-refractivity contribution in [3.63, 3.8) is 0 Å². The number of carbonyl (C=O) groups excluding carboxylic acids is 1. The van der Waals surface area contributed by atoms with Crippen LogP contribution in [0.1, 0.15) is 24.1 Å². The number of halogens is 2. The van der Waals surface area contributed by atoms with Crippen molar-refractivity contribution in [2.24, 2.45) is 0 Å². The molecular weight excluding hydrogens is 367 g/mol. The lowest BCUT2D eigenvalue weighted by Gasteiger charge is -2.14. The summed E-state index contributed by atoms with van der Waals surface area (Å²) in [7, 11) is 0. The number of rotatable bonds is 4. The van der Waals surface area contributed by atoms with Gasteiger partial charge < -0.3 is 5.32 Å². The summed E-state index contributed by atoms with van der Waals surface area (Å²) in [5.41, 5.74) is 4.62. The highest BCUT2D eigenvalue weighted by Crippen LogP contribution is 2.29. The van der Waals surface area contributed by atoms with Gasteiger partial charge in [0.05, 0.1) is 5.92 Å². The topological polar surface area (TPSA) is 42.0 Å². The first-order chi connectivity index (χ1) is 12.4. The Morgan fingerprint density at radius 2 is 1.73 bits per heavy atom. The standard InChI is InChI=1S/C21H18Cl2N2O/c1-13-11-16(9-10-24-13)15-3-6-18(7-4-15)25-21(26)14(2)19-8-5-17(22)12-20(19)23/h3-12,14H,1-2H3,(H,25,26). The van der Waals surface area contributed by atoms with Gasteiger partial charge in [-0.05, 0) is 66.9 Å². The lowest BCUT2D eigenvalue weighted by Crippen LogP contribution is -2.19. The first-order valence-corrected chi connectivity index (χ1v) is 8.98. The zero-order valence-electron chi connectivity index (χ0n) is 14.5. The van der Waals surface area contributed by atoms with Crippen molar-refractivity contribution in [1.29, 1.82) is 0 Å². The molecule has 26 heavy (non-hydrogen) atoms. The van der Waals surface area contributed by atoms with Crippen molar-refractivity contribution in [1.82, 2.24) is 4.98 Å². The molecule has 0 radical (unpaired) electrons. The highest BCUT2D eigenvalue weighted by atomic mass is 35.5. The lowest BCUT2D eigenvalue weighted by molar-refractivity contribution is -0.117. The molecule has 1 unspecified atom stereocenters. The van der Waals surface area contributed by atoms with Gasteiger partial charge in [0.15, 0.2) is 0 Å². The van der Waals surface area contributed by atoms with Crippen LogP contribution in [0.3, 0.4) is 0 Å². The van der Waals surface area contributed by atoms with Crippen LogP contribution >= 0.6 is 23.2 Å². The summed E-state index contributed by atoms with van der Waals surface area (Å²) in [6.07, 6.45) is 1.79. The Bertz CT molecular complexity index is 939. The molecule has 0 spiro atoms. The minimum atomic E-state index is -0.387. The van der Waals surface area contributed by atoms with Crippen LogP contribution < -0.4 is 5.32 Å². The van der Waals surface area contributed by atoms with Gasteiger partial charge in [-0.1, -0.05) is 41.4 Å². The molecule has 3 aromatic rings. The maximum Gasteiger partial charge on any atom is 0.231 e. The third-order valence-electron chi connectivity index (χ3n) is 4.20. The summed E-state index contributed by atoms with van der Waals surface area (Å²) in [5, 5.41) is 3.97. The number of carbonyl (C=O) groups is 1. The Kier molecular flexibility index (Phi) is 5.60. The van der Waals surface area contributed by atoms with E-state index in [2.05, 4.69) is 10.3 Å². The van der Waals surface area contributed by atoms with E-state index < -0.39 is 0 Å². The molecule has 5 heteroatoms. The van der Waals surface area contributed by atoms with Crippen molar-refractivity contribution < 1.29 is 4.79 Å². The van der Waals surface area contributed by atoms with Crippen LogP contribution in [0.2, 0.25) is 10.0 Å².